The number of carbonyl (C=O) groups excluding carboxylic acids is 1. The van der Waals surface area contributed by atoms with Gasteiger partial charge in [0.25, 0.3) is 5.91 Å². The van der Waals surface area contributed by atoms with Crippen LogP contribution in [0.2, 0.25) is 0 Å². The molecular formula is C17H21N5O3. The molecule has 5 rings (SSSR count). The number of fused-ring (bicyclic) bond motifs is 3. The van der Waals surface area contributed by atoms with Crippen molar-refractivity contribution >= 4 is 5.91 Å². The smallest absolute Gasteiger partial charge is 0.345 e. The van der Waals surface area contributed by atoms with E-state index >= 15 is 0 Å². The molecule has 2 aliphatic heterocycles. The lowest BCUT2D eigenvalue weighted by Gasteiger charge is -2.27. The Hall–Kier alpha value is -2.38. The lowest BCUT2D eigenvalue weighted by molar-refractivity contribution is 0.0631. The summed E-state index contributed by atoms with van der Waals surface area (Å²) in [6, 6.07) is 0.0824. The molecule has 8 heteroatoms. The number of nitrogens with zero attached hydrogens (tertiary/aromatic N) is 5. The standard InChI is InChI=1S/C17H21N5O3/c1-10-15(25-9-18-10)16(23)22-12-4-5-13(22)8-20-14(6-12)19-21(17(20)24)7-11-2-3-11/h9,11-13H,2-8H2,1H3. The molecule has 0 aromatic carbocycles. The molecule has 2 bridgehead atoms. The summed E-state index contributed by atoms with van der Waals surface area (Å²) in [5, 5.41) is 4.58. The number of amides is 1. The number of carbonyl (C=O) groups is 1. The van der Waals surface area contributed by atoms with Gasteiger partial charge in [-0.3, -0.25) is 9.36 Å². The van der Waals surface area contributed by atoms with Crippen molar-refractivity contribution in [3.63, 3.8) is 0 Å². The van der Waals surface area contributed by atoms with Gasteiger partial charge in [-0.25, -0.2) is 14.5 Å². The quantitative estimate of drug-likeness (QED) is 0.829. The zero-order chi connectivity index (χ0) is 17.1. The molecule has 2 aromatic heterocycles. The SMILES string of the molecule is Cc1ncoc1C(=O)N1C2CCC1Cn1c(nn(CC3CC3)c1=O)C2. The van der Waals surface area contributed by atoms with Crippen LogP contribution in [0.3, 0.4) is 0 Å². The molecule has 132 valence electrons. The van der Waals surface area contributed by atoms with Crippen LogP contribution >= 0.6 is 0 Å². The van der Waals surface area contributed by atoms with Gasteiger partial charge in [-0.15, -0.1) is 0 Å². The van der Waals surface area contributed by atoms with Crippen LogP contribution in [0.1, 0.15) is 47.8 Å². The van der Waals surface area contributed by atoms with E-state index in [2.05, 4.69) is 10.1 Å². The Labute approximate surface area is 144 Å². The predicted octanol–water partition coefficient (Wildman–Crippen LogP) is 0.981. The van der Waals surface area contributed by atoms with Crippen molar-refractivity contribution in [1.82, 2.24) is 24.2 Å². The molecule has 2 unspecified atom stereocenters. The minimum absolute atomic E-state index is 0.0134. The summed E-state index contributed by atoms with van der Waals surface area (Å²) in [5.41, 5.74) is 0.580. The van der Waals surface area contributed by atoms with Gasteiger partial charge in [0.15, 0.2) is 6.39 Å². The first-order valence-corrected chi connectivity index (χ1v) is 9.01. The zero-order valence-corrected chi connectivity index (χ0v) is 14.2. The Kier molecular flexibility index (Phi) is 3.17. The summed E-state index contributed by atoms with van der Waals surface area (Å²) in [6.07, 6.45) is 6.17. The van der Waals surface area contributed by atoms with E-state index in [0.29, 0.717) is 30.3 Å². The fourth-order valence-electron chi connectivity index (χ4n) is 4.20. The summed E-state index contributed by atoms with van der Waals surface area (Å²) in [4.78, 5) is 31.6. The third kappa shape index (κ3) is 2.34. The van der Waals surface area contributed by atoms with Crippen LogP contribution in [0.25, 0.3) is 0 Å². The largest absolute Gasteiger partial charge is 0.438 e. The number of aromatic nitrogens is 4. The maximum absolute atomic E-state index is 13.0. The molecule has 1 aliphatic carbocycles. The van der Waals surface area contributed by atoms with Gasteiger partial charge in [0.05, 0.1) is 11.7 Å². The number of hydrogen-bond acceptors (Lipinski definition) is 5. The van der Waals surface area contributed by atoms with E-state index in [9.17, 15) is 9.59 Å². The minimum atomic E-state index is -0.119. The fraction of sp³-hybridized carbons (Fsp3) is 0.647. The second kappa shape index (κ2) is 5.31. The Bertz CT molecular complexity index is 890. The Balaban J connectivity index is 1.46. The van der Waals surface area contributed by atoms with E-state index in [1.165, 1.54) is 19.2 Å². The minimum Gasteiger partial charge on any atom is -0.438 e. The molecule has 0 N–H and O–H groups in total. The van der Waals surface area contributed by atoms with Crippen molar-refractivity contribution in [3.05, 3.63) is 34.2 Å². The third-order valence-electron chi connectivity index (χ3n) is 5.73. The van der Waals surface area contributed by atoms with Gasteiger partial charge in [0.1, 0.15) is 5.82 Å². The monoisotopic (exact) mass is 343 g/mol. The van der Waals surface area contributed by atoms with E-state index in [1.807, 2.05) is 4.90 Å². The summed E-state index contributed by atoms with van der Waals surface area (Å²) in [7, 11) is 0. The van der Waals surface area contributed by atoms with Gasteiger partial charge < -0.3 is 9.32 Å². The molecule has 25 heavy (non-hydrogen) atoms. The highest BCUT2D eigenvalue weighted by molar-refractivity contribution is 5.93. The molecule has 8 nitrogen and oxygen atoms in total. The zero-order valence-electron chi connectivity index (χ0n) is 14.2. The van der Waals surface area contributed by atoms with Gasteiger partial charge in [-0.2, -0.15) is 5.10 Å². The van der Waals surface area contributed by atoms with Crippen molar-refractivity contribution in [2.75, 3.05) is 0 Å². The lowest BCUT2D eigenvalue weighted by Crippen LogP contribution is -2.43. The highest BCUT2D eigenvalue weighted by Gasteiger charge is 2.43. The predicted molar refractivity (Wildman–Crippen MR) is 87.1 cm³/mol. The molecule has 1 saturated heterocycles. The van der Waals surface area contributed by atoms with Crippen LogP contribution in [-0.2, 0) is 19.5 Å². The average Bonchev–Trinajstić information content (AvgIpc) is 3.10. The average molecular weight is 343 g/mol. The Morgan fingerprint density at radius 1 is 1.28 bits per heavy atom. The summed E-state index contributed by atoms with van der Waals surface area (Å²) in [5.74, 6) is 1.61. The molecule has 1 amide bonds. The van der Waals surface area contributed by atoms with Gasteiger partial charge in [-0.1, -0.05) is 0 Å². The first kappa shape index (κ1) is 14.9. The maximum atomic E-state index is 13.0. The highest BCUT2D eigenvalue weighted by atomic mass is 16.3. The molecule has 2 aromatic rings. The van der Waals surface area contributed by atoms with E-state index in [1.54, 1.807) is 16.2 Å². The number of aryl methyl sites for hydroxylation is 1. The van der Waals surface area contributed by atoms with Crippen molar-refractivity contribution in [1.29, 1.82) is 0 Å². The molecule has 4 heterocycles. The Morgan fingerprint density at radius 3 is 2.80 bits per heavy atom. The lowest BCUT2D eigenvalue weighted by atomic mass is 10.1. The molecular weight excluding hydrogens is 322 g/mol. The molecule has 1 saturated carbocycles. The van der Waals surface area contributed by atoms with E-state index < -0.39 is 0 Å². The number of hydrogen-bond donors (Lipinski definition) is 0. The van der Waals surface area contributed by atoms with Crippen molar-refractivity contribution in [2.24, 2.45) is 5.92 Å². The van der Waals surface area contributed by atoms with E-state index in [4.69, 9.17) is 4.42 Å². The van der Waals surface area contributed by atoms with Crippen molar-refractivity contribution < 1.29 is 9.21 Å². The first-order valence-electron chi connectivity index (χ1n) is 9.01. The maximum Gasteiger partial charge on any atom is 0.345 e. The normalized spacial score (nSPS) is 25.1. The molecule has 0 radical (unpaired) electrons. The molecule has 3 aliphatic rings. The van der Waals surface area contributed by atoms with Crippen LogP contribution in [-0.4, -0.2) is 42.2 Å². The van der Waals surface area contributed by atoms with Crippen molar-refractivity contribution in [3.8, 4) is 0 Å². The van der Waals surface area contributed by atoms with Crippen LogP contribution in [0.15, 0.2) is 15.6 Å². The third-order valence-corrected chi connectivity index (χ3v) is 5.73. The molecule has 2 fully saturated rings. The highest BCUT2D eigenvalue weighted by Crippen LogP contribution is 2.33. The topological polar surface area (TPSA) is 86.2 Å². The van der Waals surface area contributed by atoms with Crippen molar-refractivity contribution in [2.45, 2.75) is 64.2 Å². The van der Waals surface area contributed by atoms with E-state index in [0.717, 1.165) is 25.2 Å². The summed E-state index contributed by atoms with van der Waals surface area (Å²) < 4.78 is 8.71. The van der Waals surface area contributed by atoms with Crippen LogP contribution in [0, 0.1) is 12.8 Å². The van der Waals surface area contributed by atoms with Gasteiger partial charge in [0.2, 0.25) is 5.76 Å². The number of oxazole rings is 1. The molecule has 0 spiro atoms. The van der Waals surface area contributed by atoms with Gasteiger partial charge in [0, 0.05) is 25.6 Å². The first-order chi connectivity index (χ1) is 12.1. The van der Waals surface area contributed by atoms with Gasteiger partial charge >= 0.3 is 5.69 Å². The fourth-order valence-corrected chi connectivity index (χ4v) is 4.20. The van der Waals surface area contributed by atoms with Crippen LogP contribution in [0.5, 0.6) is 0 Å². The van der Waals surface area contributed by atoms with E-state index in [-0.39, 0.29) is 23.7 Å². The molecule has 2 atom stereocenters. The van der Waals surface area contributed by atoms with Crippen LogP contribution < -0.4 is 5.69 Å². The number of rotatable bonds is 3. The second-order valence-electron chi connectivity index (χ2n) is 7.50. The van der Waals surface area contributed by atoms with Crippen LogP contribution in [0.4, 0.5) is 0 Å². The van der Waals surface area contributed by atoms with Gasteiger partial charge in [-0.05, 0) is 38.5 Å². The second-order valence-corrected chi connectivity index (χ2v) is 7.50. The summed E-state index contributed by atoms with van der Waals surface area (Å²) >= 11 is 0. The summed E-state index contributed by atoms with van der Waals surface area (Å²) in [6.45, 7) is 3.03. The Morgan fingerprint density at radius 2 is 2.08 bits per heavy atom.